The molecule has 14 heavy (non-hydrogen) atoms. The van der Waals surface area contributed by atoms with Gasteiger partial charge in [0.2, 0.25) is 5.13 Å². The van der Waals surface area contributed by atoms with Crippen LogP contribution in [0, 0.1) is 6.92 Å². The molecule has 0 aliphatic carbocycles. The second-order valence-corrected chi connectivity index (χ2v) is 4.14. The van der Waals surface area contributed by atoms with Crippen molar-refractivity contribution < 1.29 is 0 Å². The van der Waals surface area contributed by atoms with Crippen LogP contribution in [0.5, 0.6) is 0 Å². The second-order valence-electron chi connectivity index (χ2n) is 2.96. The maximum absolute atomic E-state index is 4.24. The third kappa shape index (κ3) is 2.08. The van der Waals surface area contributed by atoms with E-state index in [0.29, 0.717) is 6.54 Å². The summed E-state index contributed by atoms with van der Waals surface area (Å²) < 4.78 is 1.78. The van der Waals surface area contributed by atoms with Gasteiger partial charge in [-0.1, -0.05) is 11.3 Å². The first-order valence-electron chi connectivity index (χ1n) is 4.26. The Morgan fingerprint density at radius 1 is 1.50 bits per heavy atom. The van der Waals surface area contributed by atoms with Crippen molar-refractivity contribution in [1.29, 1.82) is 0 Å². The highest BCUT2D eigenvalue weighted by Crippen LogP contribution is 2.14. The van der Waals surface area contributed by atoms with Crippen molar-refractivity contribution in [2.75, 3.05) is 5.32 Å². The van der Waals surface area contributed by atoms with Gasteiger partial charge in [-0.05, 0) is 13.0 Å². The summed E-state index contributed by atoms with van der Waals surface area (Å²) in [4.78, 5) is 0. The van der Waals surface area contributed by atoms with Crippen molar-refractivity contribution in [2.24, 2.45) is 7.05 Å². The number of aromatic nitrogens is 4. The van der Waals surface area contributed by atoms with Crippen molar-refractivity contribution >= 4 is 16.5 Å². The first-order valence-corrected chi connectivity index (χ1v) is 5.08. The molecule has 0 saturated carbocycles. The maximum atomic E-state index is 4.24. The Bertz CT molecular complexity index is 379. The summed E-state index contributed by atoms with van der Waals surface area (Å²) >= 11 is 1.55. The molecule has 2 aromatic rings. The first kappa shape index (κ1) is 9.14. The van der Waals surface area contributed by atoms with Gasteiger partial charge in [0.15, 0.2) is 0 Å². The molecule has 2 heterocycles. The van der Waals surface area contributed by atoms with E-state index in [1.54, 1.807) is 16.0 Å². The fraction of sp³-hybridized carbons (Fsp3) is 0.375. The molecule has 0 amide bonds. The van der Waals surface area contributed by atoms with Crippen LogP contribution in [0.2, 0.25) is 0 Å². The smallest absolute Gasteiger partial charge is 0.205 e. The van der Waals surface area contributed by atoms with Crippen LogP contribution in [0.25, 0.3) is 0 Å². The number of nitrogens with zero attached hydrogens (tertiary/aromatic N) is 4. The van der Waals surface area contributed by atoms with Crippen molar-refractivity contribution in [2.45, 2.75) is 13.5 Å². The fourth-order valence-corrected chi connectivity index (χ4v) is 1.68. The quantitative estimate of drug-likeness (QED) is 0.825. The molecular weight excluding hydrogens is 198 g/mol. The van der Waals surface area contributed by atoms with E-state index in [2.05, 4.69) is 20.6 Å². The zero-order valence-electron chi connectivity index (χ0n) is 8.06. The van der Waals surface area contributed by atoms with Crippen molar-refractivity contribution in [1.82, 2.24) is 20.0 Å². The van der Waals surface area contributed by atoms with Gasteiger partial charge in [-0.15, -0.1) is 10.2 Å². The molecule has 2 rings (SSSR count). The van der Waals surface area contributed by atoms with Crippen LogP contribution in [0.1, 0.15) is 10.7 Å². The molecule has 0 atom stereocenters. The Labute approximate surface area is 85.8 Å². The molecule has 74 valence electrons. The SMILES string of the molecule is Cc1nnc(NCc2ccn(C)n2)s1. The van der Waals surface area contributed by atoms with Crippen LogP contribution in [0.3, 0.4) is 0 Å². The van der Waals surface area contributed by atoms with Gasteiger partial charge in [-0.25, -0.2) is 0 Å². The van der Waals surface area contributed by atoms with Crippen molar-refractivity contribution in [3.05, 3.63) is 23.0 Å². The van der Waals surface area contributed by atoms with Crippen LogP contribution in [-0.4, -0.2) is 20.0 Å². The number of hydrogen-bond acceptors (Lipinski definition) is 5. The predicted molar refractivity (Wildman–Crippen MR) is 55.2 cm³/mol. The Morgan fingerprint density at radius 2 is 2.36 bits per heavy atom. The minimum atomic E-state index is 0.690. The lowest BCUT2D eigenvalue weighted by Gasteiger charge is -1.96. The Balaban J connectivity index is 1.94. The Morgan fingerprint density at radius 3 is 2.93 bits per heavy atom. The predicted octanol–water partition coefficient (Wildman–Crippen LogP) is 1.19. The monoisotopic (exact) mass is 209 g/mol. The summed E-state index contributed by atoms with van der Waals surface area (Å²) in [7, 11) is 1.90. The molecule has 2 aromatic heterocycles. The Kier molecular flexibility index (Phi) is 2.45. The molecular formula is C8H11N5S. The minimum absolute atomic E-state index is 0.690. The van der Waals surface area contributed by atoms with E-state index in [1.807, 2.05) is 26.2 Å². The van der Waals surface area contributed by atoms with E-state index in [9.17, 15) is 0 Å². The molecule has 0 spiro atoms. The molecule has 0 aliphatic rings. The summed E-state index contributed by atoms with van der Waals surface area (Å²) in [6.45, 7) is 2.62. The third-order valence-electron chi connectivity index (χ3n) is 1.72. The number of hydrogen-bond donors (Lipinski definition) is 1. The lowest BCUT2D eigenvalue weighted by molar-refractivity contribution is 0.747. The minimum Gasteiger partial charge on any atom is -0.354 e. The van der Waals surface area contributed by atoms with E-state index in [4.69, 9.17) is 0 Å². The van der Waals surface area contributed by atoms with Gasteiger partial charge >= 0.3 is 0 Å². The van der Waals surface area contributed by atoms with Gasteiger partial charge in [-0.3, -0.25) is 4.68 Å². The van der Waals surface area contributed by atoms with E-state index >= 15 is 0 Å². The van der Waals surface area contributed by atoms with Gasteiger partial charge in [0.05, 0.1) is 12.2 Å². The van der Waals surface area contributed by atoms with Crippen LogP contribution in [0.15, 0.2) is 12.3 Å². The van der Waals surface area contributed by atoms with Crippen LogP contribution < -0.4 is 5.32 Å². The average Bonchev–Trinajstić information content (AvgIpc) is 2.72. The molecule has 0 radical (unpaired) electrons. The fourth-order valence-electron chi connectivity index (χ4n) is 1.09. The molecule has 0 aliphatic heterocycles. The van der Waals surface area contributed by atoms with Gasteiger partial charge < -0.3 is 5.32 Å². The number of anilines is 1. The highest BCUT2D eigenvalue weighted by Gasteiger charge is 2.00. The number of aryl methyl sites for hydroxylation is 2. The lowest BCUT2D eigenvalue weighted by atomic mass is 10.4. The molecule has 1 N–H and O–H groups in total. The highest BCUT2D eigenvalue weighted by molar-refractivity contribution is 7.15. The van der Waals surface area contributed by atoms with Crippen LogP contribution in [-0.2, 0) is 13.6 Å². The molecule has 5 nitrogen and oxygen atoms in total. The van der Waals surface area contributed by atoms with E-state index in [1.165, 1.54) is 0 Å². The zero-order chi connectivity index (χ0) is 9.97. The van der Waals surface area contributed by atoms with Crippen molar-refractivity contribution in [3.63, 3.8) is 0 Å². The van der Waals surface area contributed by atoms with Crippen LogP contribution in [0.4, 0.5) is 5.13 Å². The summed E-state index contributed by atoms with van der Waals surface area (Å²) in [5.41, 5.74) is 1.00. The Hall–Kier alpha value is -1.43. The van der Waals surface area contributed by atoms with Gasteiger partial charge in [0.1, 0.15) is 5.01 Å². The molecule has 0 fully saturated rings. The van der Waals surface area contributed by atoms with E-state index in [0.717, 1.165) is 15.8 Å². The normalized spacial score (nSPS) is 10.4. The van der Waals surface area contributed by atoms with Crippen LogP contribution >= 0.6 is 11.3 Å². The first-order chi connectivity index (χ1) is 6.74. The molecule has 0 bridgehead atoms. The van der Waals surface area contributed by atoms with Gasteiger partial charge in [-0.2, -0.15) is 5.10 Å². The second kappa shape index (κ2) is 3.75. The average molecular weight is 209 g/mol. The highest BCUT2D eigenvalue weighted by atomic mass is 32.1. The summed E-state index contributed by atoms with van der Waals surface area (Å²) in [6, 6.07) is 1.97. The maximum Gasteiger partial charge on any atom is 0.205 e. The van der Waals surface area contributed by atoms with Crippen molar-refractivity contribution in [3.8, 4) is 0 Å². The van der Waals surface area contributed by atoms with Gasteiger partial charge in [0.25, 0.3) is 0 Å². The lowest BCUT2D eigenvalue weighted by Crippen LogP contribution is -2.00. The summed E-state index contributed by atoms with van der Waals surface area (Å²) in [6.07, 6.45) is 1.92. The largest absolute Gasteiger partial charge is 0.354 e. The molecule has 0 saturated heterocycles. The van der Waals surface area contributed by atoms with E-state index in [-0.39, 0.29) is 0 Å². The standard InChI is InChI=1S/C8H11N5S/c1-6-10-11-8(14-6)9-5-7-3-4-13(2)12-7/h3-4H,5H2,1-2H3,(H,9,11). The topological polar surface area (TPSA) is 55.6 Å². The number of rotatable bonds is 3. The van der Waals surface area contributed by atoms with Gasteiger partial charge in [0, 0.05) is 13.2 Å². The number of nitrogens with one attached hydrogen (secondary N) is 1. The molecule has 6 heteroatoms. The summed E-state index contributed by atoms with van der Waals surface area (Å²) in [5.74, 6) is 0. The third-order valence-corrected chi connectivity index (χ3v) is 2.51. The zero-order valence-corrected chi connectivity index (χ0v) is 8.88. The summed E-state index contributed by atoms with van der Waals surface area (Å²) in [5, 5.41) is 17.1. The molecule has 0 aromatic carbocycles. The molecule has 0 unspecified atom stereocenters. The van der Waals surface area contributed by atoms with E-state index < -0.39 is 0 Å².